The largest absolute Gasteiger partial charge is 0.369 e. The SMILES string of the molecule is CCc1ccc(CCc2c(Br)nc(N)n2C)cc1. The van der Waals surface area contributed by atoms with Crippen molar-refractivity contribution in [2.24, 2.45) is 7.05 Å². The molecule has 18 heavy (non-hydrogen) atoms. The number of hydrogen-bond donors (Lipinski definition) is 1. The third-order valence-corrected chi connectivity index (χ3v) is 3.92. The van der Waals surface area contributed by atoms with Crippen LogP contribution in [0.4, 0.5) is 5.95 Å². The first-order valence-corrected chi connectivity index (χ1v) is 6.95. The Kier molecular flexibility index (Phi) is 4.07. The number of nitrogen functional groups attached to an aromatic ring is 1. The van der Waals surface area contributed by atoms with Gasteiger partial charge in [-0.1, -0.05) is 31.2 Å². The molecular weight excluding hydrogens is 290 g/mol. The lowest BCUT2D eigenvalue weighted by atomic mass is 10.1. The second kappa shape index (κ2) is 5.57. The van der Waals surface area contributed by atoms with Gasteiger partial charge in [-0.25, -0.2) is 4.98 Å². The van der Waals surface area contributed by atoms with Crippen LogP contribution in [0.15, 0.2) is 28.9 Å². The van der Waals surface area contributed by atoms with Gasteiger partial charge in [-0.3, -0.25) is 0 Å². The van der Waals surface area contributed by atoms with Crippen molar-refractivity contribution < 1.29 is 0 Å². The molecule has 0 aliphatic heterocycles. The summed E-state index contributed by atoms with van der Waals surface area (Å²) >= 11 is 3.45. The van der Waals surface area contributed by atoms with E-state index >= 15 is 0 Å². The predicted molar refractivity (Wildman–Crippen MR) is 78.5 cm³/mol. The van der Waals surface area contributed by atoms with E-state index in [0.717, 1.165) is 29.6 Å². The number of hydrogen-bond acceptors (Lipinski definition) is 2. The summed E-state index contributed by atoms with van der Waals surface area (Å²) in [4.78, 5) is 4.21. The molecule has 4 heteroatoms. The fourth-order valence-corrected chi connectivity index (χ4v) is 2.64. The topological polar surface area (TPSA) is 43.8 Å². The molecule has 0 amide bonds. The van der Waals surface area contributed by atoms with Crippen LogP contribution < -0.4 is 5.73 Å². The third-order valence-electron chi connectivity index (χ3n) is 3.28. The molecule has 0 atom stereocenters. The Balaban J connectivity index is 2.06. The number of nitrogens with two attached hydrogens (primary N) is 1. The maximum atomic E-state index is 5.77. The molecule has 0 spiro atoms. The van der Waals surface area contributed by atoms with Gasteiger partial charge in [0.1, 0.15) is 4.60 Å². The van der Waals surface area contributed by atoms with Crippen LogP contribution in [0, 0.1) is 0 Å². The highest BCUT2D eigenvalue weighted by molar-refractivity contribution is 9.10. The zero-order chi connectivity index (χ0) is 13.1. The molecule has 2 rings (SSSR count). The van der Waals surface area contributed by atoms with E-state index in [0.29, 0.717) is 5.95 Å². The van der Waals surface area contributed by atoms with Crippen LogP contribution in [0.25, 0.3) is 0 Å². The number of benzene rings is 1. The third kappa shape index (κ3) is 2.75. The normalized spacial score (nSPS) is 10.8. The highest BCUT2D eigenvalue weighted by atomic mass is 79.9. The summed E-state index contributed by atoms with van der Waals surface area (Å²) in [5.41, 5.74) is 9.64. The number of anilines is 1. The van der Waals surface area contributed by atoms with Gasteiger partial charge in [-0.15, -0.1) is 0 Å². The van der Waals surface area contributed by atoms with E-state index in [9.17, 15) is 0 Å². The van der Waals surface area contributed by atoms with Gasteiger partial charge in [-0.2, -0.15) is 0 Å². The van der Waals surface area contributed by atoms with E-state index in [1.54, 1.807) is 0 Å². The summed E-state index contributed by atoms with van der Waals surface area (Å²) in [7, 11) is 1.95. The summed E-state index contributed by atoms with van der Waals surface area (Å²) in [6.07, 6.45) is 3.03. The Morgan fingerprint density at radius 2 is 1.78 bits per heavy atom. The lowest BCUT2D eigenvalue weighted by Gasteiger charge is -2.05. The van der Waals surface area contributed by atoms with Crippen molar-refractivity contribution in [1.29, 1.82) is 0 Å². The molecule has 2 aromatic rings. The summed E-state index contributed by atoms with van der Waals surface area (Å²) in [6, 6.07) is 8.79. The molecule has 2 N–H and O–H groups in total. The van der Waals surface area contributed by atoms with E-state index in [4.69, 9.17) is 5.73 Å². The molecule has 0 bridgehead atoms. The van der Waals surface area contributed by atoms with Gasteiger partial charge in [0, 0.05) is 7.05 Å². The van der Waals surface area contributed by atoms with E-state index < -0.39 is 0 Å². The van der Waals surface area contributed by atoms with Crippen LogP contribution in [0.2, 0.25) is 0 Å². The smallest absolute Gasteiger partial charge is 0.201 e. The van der Waals surface area contributed by atoms with Crippen LogP contribution in [0.5, 0.6) is 0 Å². The van der Waals surface area contributed by atoms with Crippen LogP contribution >= 0.6 is 15.9 Å². The van der Waals surface area contributed by atoms with Crippen molar-refractivity contribution in [3.63, 3.8) is 0 Å². The number of halogens is 1. The van der Waals surface area contributed by atoms with Gasteiger partial charge in [0.05, 0.1) is 5.69 Å². The van der Waals surface area contributed by atoms with Crippen LogP contribution in [-0.4, -0.2) is 9.55 Å². The average molecular weight is 308 g/mol. The monoisotopic (exact) mass is 307 g/mol. The first-order chi connectivity index (χ1) is 8.61. The van der Waals surface area contributed by atoms with Crippen LogP contribution in [0.1, 0.15) is 23.7 Å². The number of rotatable bonds is 4. The van der Waals surface area contributed by atoms with Gasteiger partial charge in [0.25, 0.3) is 0 Å². The molecule has 1 heterocycles. The molecule has 0 radical (unpaired) electrons. The lowest BCUT2D eigenvalue weighted by Crippen LogP contribution is -2.03. The quantitative estimate of drug-likeness (QED) is 0.943. The maximum absolute atomic E-state index is 5.77. The average Bonchev–Trinajstić information content (AvgIpc) is 2.62. The number of imidazole rings is 1. The Morgan fingerprint density at radius 3 is 2.28 bits per heavy atom. The number of nitrogens with zero attached hydrogens (tertiary/aromatic N) is 2. The summed E-state index contributed by atoms with van der Waals surface area (Å²) in [5, 5.41) is 0. The molecule has 0 aliphatic carbocycles. The minimum Gasteiger partial charge on any atom is -0.369 e. The van der Waals surface area contributed by atoms with E-state index in [1.165, 1.54) is 11.1 Å². The highest BCUT2D eigenvalue weighted by Crippen LogP contribution is 2.20. The van der Waals surface area contributed by atoms with E-state index in [1.807, 2.05) is 11.6 Å². The van der Waals surface area contributed by atoms with Crippen LogP contribution in [-0.2, 0) is 26.3 Å². The fraction of sp³-hybridized carbons (Fsp3) is 0.357. The summed E-state index contributed by atoms with van der Waals surface area (Å²) < 4.78 is 2.79. The molecule has 0 saturated carbocycles. The maximum Gasteiger partial charge on any atom is 0.201 e. The second-order valence-corrected chi connectivity index (χ2v) is 5.19. The molecule has 96 valence electrons. The van der Waals surface area contributed by atoms with Gasteiger partial charge < -0.3 is 10.3 Å². The second-order valence-electron chi connectivity index (χ2n) is 4.44. The molecular formula is C14H18BrN3. The molecule has 0 fully saturated rings. The number of aryl methyl sites for hydroxylation is 2. The van der Waals surface area contributed by atoms with E-state index in [-0.39, 0.29) is 0 Å². The van der Waals surface area contributed by atoms with Crippen molar-refractivity contribution in [1.82, 2.24) is 9.55 Å². The molecule has 0 unspecified atom stereocenters. The van der Waals surface area contributed by atoms with Gasteiger partial charge in [-0.05, 0) is 46.3 Å². The minimum absolute atomic E-state index is 0.554. The Morgan fingerprint density at radius 1 is 1.17 bits per heavy atom. The van der Waals surface area contributed by atoms with Crippen molar-refractivity contribution in [2.45, 2.75) is 26.2 Å². The van der Waals surface area contributed by atoms with Crippen molar-refractivity contribution in [2.75, 3.05) is 5.73 Å². The number of aromatic nitrogens is 2. The zero-order valence-corrected chi connectivity index (χ0v) is 12.4. The minimum atomic E-state index is 0.554. The summed E-state index contributed by atoms with van der Waals surface area (Å²) in [5.74, 6) is 0.554. The van der Waals surface area contributed by atoms with E-state index in [2.05, 4.69) is 52.1 Å². The van der Waals surface area contributed by atoms with Gasteiger partial charge >= 0.3 is 0 Å². The first-order valence-electron chi connectivity index (χ1n) is 6.16. The van der Waals surface area contributed by atoms with Crippen molar-refractivity contribution in [3.8, 4) is 0 Å². The Hall–Kier alpha value is -1.29. The standard InChI is InChI=1S/C14H18BrN3/c1-3-10-4-6-11(7-5-10)8-9-12-13(15)17-14(16)18(12)2/h4-7H,3,8-9H2,1-2H3,(H2,16,17). The van der Waals surface area contributed by atoms with Crippen molar-refractivity contribution in [3.05, 3.63) is 45.7 Å². The predicted octanol–water partition coefficient (Wildman–Crippen LogP) is 3.11. The highest BCUT2D eigenvalue weighted by Gasteiger charge is 2.10. The van der Waals surface area contributed by atoms with Gasteiger partial charge in [0.15, 0.2) is 0 Å². The lowest BCUT2D eigenvalue weighted by molar-refractivity contribution is 0.803. The summed E-state index contributed by atoms with van der Waals surface area (Å²) in [6.45, 7) is 2.17. The Bertz CT molecular complexity index is 529. The molecule has 3 nitrogen and oxygen atoms in total. The van der Waals surface area contributed by atoms with Crippen molar-refractivity contribution >= 4 is 21.9 Å². The Labute approximate surface area is 116 Å². The molecule has 1 aromatic carbocycles. The molecule has 0 saturated heterocycles. The zero-order valence-electron chi connectivity index (χ0n) is 10.8. The van der Waals surface area contributed by atoms with Gasteiger partial charge in [0.2, 0.25) is 5.95 Å². The molecule has 1 aromatic heterocycles. The first kappa shape index (κ1) is 13.1. The molecule has 0 aliphatic rings. The van der Waals surface area contributed by atoms with Crippen LogP contribution in [0.3, 0.4) is 0 Å². The fourth-order valence-electron chi connectivity index (χ4n) is 1.99.